The molecule has 132 valence electrons. The van der Waals surface area contributed by atoms with E-state index in [1.165, 1.54) is 17.7 Å². The van der Waals surface area contributed by atoms with Gasteiger partial charge in [-0.1, -0.05) is 23.7 Å². The smallest absolute Gasteiger partial charge is 0.251 e. The van der Waals surface area contributed by atoms with Gasteiger partial charge in [0.25, 0.3) is 5.91 Å². The Kier molecular flexibility index (Phi) is 4.51. The molecule has 3 aromatic rings. The quantitative estimate of drug-likeness (QED) is 0.707. The molecule has 1 N–H and O–H groups in total. The van der Waals surface area contributed by atoms with Crippen molar-refractivity contribution in [2.24, 2.45) is 0 Å². The lowest BCUT2D eigenvalue weighted by Crippen LogP contribution is -2.25. The minimum absolute atomic E-state index is 0.0864. The van der Waals surface area contributed by atoms with E-state index in [1.807, 2.05) is 18.2 Å². The predicted octanol–water partition coefficient (Wildman–Crippen LogP) is 4.20. The molecule has 1 amide bonds. The average Bonchev–Trinajstić information content (AvgIpc) is 2.65. The molecule has 1 aliphatic rings. The van der Waals surface area contributed by atoms with Gasteiger partial charge in [0, 0.05) is 36.8 Å². The molecule has 0 saturated heterocycles. The van der Waals surface area contributed by atoms with Crippen molar-refractivity contribution in [3.05, 3.63) is 70.4 Å². The Morgan fingerprint density at radius 1 is 1.19 bits per heavy atom. The number of benzene rings is 2. The highest BCUT2D eigenvalue weighted by atomic mass is 35.5. The number of fused-ring (bicyclic) bond motifs is 2. The number of nitrogens with one attached hydrogen (secondary N) is 1. The van der Waals surface area contributed by atoms with Gasteiger partial charge >= 0.3 is 0 Å². The van der Waals surface area contributed by atoms with Crippen molar-refractivity contribution in [3.8, 4) is 0 Å². The summed E-state index contributed by atoms with van der Waals surface area (Å²) in [5.74, 6) is -0.0864. The summed E-state index contributed by atoms with van der Waals surface area (Å²) in [6, 6.07) is 15.5. The maximum Gasteiger partial charge on any atom is 0.251 e. The molecule has 4 rings (SSSR count). The van der Waals surface area contributed by atoms with Crippen molar-refractivity contribution in [1.29, 1.82) is 0 Å². The van der Waals surface area contributed by atoms with Crippen LogP contribution in [0.1, 0.15) is 27.9 Å². The Morgan fingerprint density at radius 3 is 2.96 bits per heavy atom. The van der Waals surface area contributed by atoms with Gasteiger partial charge in [0.15, 0.2) is 0 Å². The van der Waals surface area contributed by atoms with Crippen LogP contribution in [0.25, 0.3) is 10.9 Å². The number of nitrogens with zero attached hydrogens (tertiary/aromatic N) is 2. The zero-order valence-electron chi connectivity index (χ0n) is 14.6. The van der Waals surface area contributed by atoms with E-state index in [0.717, 1.165) is 29.4 Å². The zero-order chi connectivity index (χ0) is 18.1. The number of carbonyl (C=O) groups excluding carboxylic acids is 1. The zero-order valence-corrected chi connectivity index (χ0v) is 15.4. The Labute approximate surface area is 157 Å². The Morgan fingerprint density at radius 2 is 2.08 bits per heavy atom. The first-order chi connectivity index (χ1) is 12.6. The molecule has 1 aliphatic heterocycles. The molecular weight excluding hydrogens is 346 g/mol. The van der Waals surface area contributed by atoms with Crippen LogP contribution in [0.5, 0.6) is 0 Å². The highest BCUT2D eigenvalue weighted by molar-refractivity contribution is 6.29. The number of rotatable bonds is 3. The molecule has 0 unspecified atom stereocenters. The topological polar surface area (TPSA) is 45.2 Å². The van der Waals surface area contributed by atoms with Gasteiger partial charge in [-0.2, -0.15) is 0 Å². The molecule has 0 bridgehead atoms. The molecule has 0 saturated carbocycles. The number of pyridine rings is 1. The van der Waals surface area contributed by atoms with E-state index in [2.05, 4.69) is 40.4 Å². The standard InChI is InChI=1S/C21H20ClN3O/c1-25-10-2-3-16-11-14(4-8-19(16)25)13-23-21(26)17-5-7-18-15(12-17)6-9-20(22)24-18/h4-9,11-12H,2-3,10,13H2,1H3,(H,23,26). The van der Waals surface area contributed by atoms with E-state index in [-0.39, 0.29) is 5.91 Å². The first kappa shape index (κ1) is 16.9. The monoisotopic (exact) mass is 365 g/mol. The molecular formula is C21H20ClN3O. The van der Waals surface area contributed by atoms with Gasteiger partial charge in [0.1, 0.15) is 5.15 Å². The molecule has 1 aromatic heterocycles. The molecule has 2 aromatic carbocycles. The summed E-state index contributed by atoms with van der Waals surface area (Å²) in [5.41, 5.74) is 5.19. The SMILES string of the molecule is CN1CCCc2cc(CNC(=O)c3ccc4nc(Cl)ccc4c3)ccc21. The summed E-state index contributed by atoms with van der Waals surface area (Å²) in [4.78, 5) is 19.0. The fourth-order valence-corrected chi connectivity index (χ4v) is 3.63. The number of hydrogen-bond donors (Lipinski definition) is 1. The molecule has 0 spiro atoms. The first-order valence-electron chi connectivity index (χ1n) is 8.77. The van der Waals surface area contributed by atoms with Crippen LogP contribution in [-0.4, -0.2) is 24.5 Å². The van der Waals surface area contributed by atoms with E-state index >= 15 is 0 Å². The van der Waals surface area contributed by atoms with E-state index in [9.17, 15) is 4.79 Å². The summed E-state index contributed by atoms with van der Waals surface area (Å²) in [6.45, 7) is 1.62. The number of aryl methyl sites for hydroxylation is 1. The fraction of sp³-hybridized carbons (Fsp3) is 0.238. The summed E-state index contributed by atoms with van der Waals surface area (Å²) in [7, 11) is 2.13. The van der Waals surface area contributed by atoms with Crippen LogP contribution in [-0.2, 0) is 13.0 Å². The van der Waals surface area contributed by atoms with Gasteiger partial charge in [0.05, 0.1) is 5.52 Å². The highest BCUT2D eigenvalue weighted by Crippen LogP contribution is 2.26. The lowest BCUT2D eigenvalue weighted by Gasteiger charge is -2.27. The maximum atomic E-state index is 12.5. The van der Waals surface area contributed by atoms with Crippen molar-refractivity contribution < 1.29 is 4.79 Å². The van der Waals surface area contributed by atoms with Gasteiger partial charge in [-0.25, -0.2) is 4.98 Å². The van der Waals surface area contributed by atoms with Crippen molar-refractivity contribution >= 4 is 34.1 Å². The number of carbonyl (C=O) groups is 1. The summed E-state index contributed by atoms with van der Waals surface area (Å²) in [5, 5.41) is 4.36. The molecule has 2 heterocycles. The van der Waals surface area contributed by atoms with Crippen LogP contribution in [0.15, 0.2) is 48.5 Å². The van der Waals surface area contributed by atoms with Crippen LogP contribution in [0.2, 0.25) is 5.15 Å². The number of anilines is 1. The van der Waals surface area contributed by atoms with Gasteiger partial charge in [-0.15, -0.1) is 0 Å². The van der Waals surface area contributed by atoms with E-state index < -0.39 is 0 Å². The highest BCUT2D eigenvalue weighted by Gasteiger charge is 2.14. The fourth-order valence-electron chi connectivity index (χ4n) is 3.47. The Balaban J connectivity index is 1.48. The number of halogens is 1. The normalized spacial score (nSPS) is 13.5. The molecule has 0 atom stereocenters. The van der Waals surface area contributed by atoms with Crippen molar-refractivity contribution in [3.63, 3.8) is 0 Å². The number of aromatic nitrogens is 1. The second-order valence-corrected chi connectivity index (χ2v) is 7.10. The maximum absolute atomic E-state index is 12.5. The van der Waals surface area contributed by atoms with Gasteiger partial charge in [-0.3, -0.25) is 4.79 Å². The summed E-state index contributed by atoms with van der Waals surface area (Å²) < 4.78 is 0. The molecule has 0 radical (unpaired) electrons. The van der Waals surface area contributed by atoms with Crippen molar-refractivity contribution in [2.45, 2.75) is 19.4 Å². The lowest BCUT2D eigenvalue weighted by molar-refractivity contribution is 0.0951. The number of hydrogen-bond acceptors (Lipinski definition) is 3. The number of amides is 1. The average molecular weight is 366 g/mol. The van der Waals surface area contributed by atoms with E-state index in [4.69, 9.17) is 11.6 Å². The van der Waals surface area contributed by atoms with Crippen LogP contribution >= 0.6 is 11.6 Å². The third kappa shape index (κ3) is 3.37. The van der Waals surface area contributed by atoms with Gasteiger partial charge in [-0.05, 0) is 60.4 Å². The van der Waals surface area contributed by atoms with Crippen molar-refractivity contribution in [2.75, 3.05) is 18.5 Å². The second-order valence-electron chi connectivity index (χ2n) is 6.71. The third-order valence-corrected chi connectivity index (χ3v) is 5.08. The minimum atomic E-state index is -0.0864. The molecule has 26 heavy (non-hydrogen) atoms. The van der Waals surface area contributed by atoms with E-state index in [0.29, 0.717) is 17.3 Å². The van der Waals surface area contributed by atoms with Gasteiger partial charge < -0.3 is 10.2 Å². The molecule has 4 nitrogen and oxygen atoms in total. The largest absolute Gasteiger partial charge is 0.374 e. The van der Waals surface area contributed by atoms with Crippen molar-refractivity contribution in [1.82, 2.24) is 10.3 Å². The summed E-state index contributed by atoms with van der Waals surface area (Å²) >= 11 is 5.90. The van der Waals surface area contributed by atoms with E-state index in [1.54, 1.807) is 12.1 Å². The molecule has 0 aliphatic carbocycles. The molecule has 0 fully saturated rings. The lowest BCUT2D eigenvalue weighted by atomic mass is 9.99. The molecule has 5 heteroatoms. The first-order valence-corrected chi connectivity index (χ1v) is 9.15. The predicted molar refractivity (Wildman–Crippen MR) is 106 cm³/mol. The van der Waals surface area contributed by atoms with Gasteiger partial charge in [0.2, 0.25) is 0 Å². The second kappa shape index (κ2) is 6.96. The Bertz CT molecular complexity index is 986. The summed E-state index contributed by atoms with van der Waals surface area (Å²) in [6.07, 6.45) is 2.27. The minimum Gasteiger partial charge on any atom is -0.374 e. The van der Waals surface area contributed by atoms with Crippen LogP contribution in [0, 0.1) is 0 Å². The van der Waals surface area contributed by atoms with Crippen LogP contribution < -0.4 is 10.2 Å². The van der Waals surface area contributed by atoms with Crippen LogP contribution in [0.3, 0.4) is 0 Å². The van der Waals surface area contributed by atoms with Crippen LogP contribution in [0.4, 0.5) is 5.69 Å². The Hall–Kier alpha value is -2.59. The third-order valence-electron chi connectivity index (χ3n) is 4.87.